The summed E-state index contributed by atoms with van der Waals surface area (Å²) in [6.07, 6.45) is 0.720. The van der Waals surface area contributed by atoms with Crippen LogP contribution in [-0.4, -0.2) is 47.1 Å². The lowest BCUT2D eigenvalue weighted by molar-refractivity contribution is -0.139. The van der Waals surface area contributed by atoms with Gasteiger partial charge in [-0.1, -0.05) is 0 Å². The summed E-state index contributed by atoms with van der Waals surface area (Å²) < 4.78 is 11.4. The average molecular weight is 437 g/mol. The monoisotopic (exact) mass is 436 g/mol. The van der Waals surface area contributed by atoms with Gasteiger partial charge < -0.3 is 24.5 Å². The van der Waals surface area contributed by atoms with Crippen LogP contribution in [0.1, 0.15) is 30.3 Å². The van der Waals surface area contributed by atoms with Gasteiger partial charge in [-0.3, -0.25) is 9.59 Å². The lowest BCUT2D eigenvalue weighted by atomic mass is 10.0. The smallest absolute Gasteiger partial charge is 0.287 e. The van der Waals surface area contributed by atoms with Crippen LogP contribution in [0.25, 0.3) is 0 Å². The largest absolute Gasteiger partial charge is 0.508 e. The number of piperidine rings is 1. The number of carbonyl (C=O) groups excluding carboxylic acids is 2. The van der Waals surface area contributed by atoms with Gasteiger partial charge in [0.15, 0.2) is 16.5 Å². The summed E-state index contributed by atoms with van der Waals surface area (Å²) in [7, 11) is 0. The number of nitrogens with zero attached hydrogens (tertiary/aromatic N) is 1. The lowest BCUT2D eigenvalue weighted by Crippen LogP contribution is -2.49. The van der Waals surface area contributed by atoms with E-state index in [1.165, 1.54) is 12.1 Å². The zero-order valence-corrected chi connectivity index (χ0v) is 16.4. The summed E-state index contributed by atoms with van der Waals surface area (Å²) in [6.45, 7) is 2.81. The fraction of sp³-hybridized carbons (Fsp3) is 0.368. The van der Waals surface area contributed by atoms with E-state index in [0.29, 0.717) is 36.4 Å². The number of amides is 2. The van der Waals surface area contributed by atoms with E-state index >= 15 is 0 Å². The van der Waals surface area contributed by atoms with Crippen molar-refractivity contribution in [2.24, 2.45) is 0 Å². The molecule has 0 spiro atoms. The Morgan fingerprint density at radius 3 is 2.48 bits per heavy atom. The number of rotatable bonds is 5. The predicted octanol–water partition coefficient (Wildman–Crippen LogP) is 2.94. The molecule has 1 aromatic carbocycles. The van der Waals surface area contributed by atoms with Crippen LogP contribution in [-0.2, 0) is 4.79 Å². The zero-order chi connectivity index (χ0) is 19.4. The van der Waals surface area contributed by atoms with Gasteiger partial charge in [-0.05, 0) is 72.1 Å². The van der Waals surface area contributed by atoms with E-state index in [-0.39, 0.29) is 29.4 Å². The molecule has 1 aliphatic rings. The summed E-state index contributed by atoms with van der Waals surface area (Å²) in [4.78, 5) is 26.4. The van der Waals surface area contributed by atoms with Gasteiger partial charge in [-0.15, -0.1) is 0 Å². The SMILES string of the molecule is CC(Oc1ccc(O)cc1)C(=O)N1CCC(NC(=O)c2ccc(Br)o2)CC1. The molecular formula is C19H21BrN2O5. The van der Waals surface area contributed by atoms with Crippen LogP contribution in [0.3, 0.4) is 0 Å². The van der Waals surface area contributed by atoms with Crippen LogP contribution in [0, 0.1) is 0 Å². The van der Waals surface area contributed by atoms with Crippen LogP contribution in [0.2, 0.25) is 0 Å². The molecular weight excluding hydrogens is 416 g/mol. The first-order valence-corrected chi connectivity index (χ1v) is 9.52. The molecule has 7 nitrogen and oxygen atoms in total. The number of phenolic OH excluding ortho intramolecular Hbond substituents is 1. The topological polar surface area (TPSA) is 92.0 Å². The van der Waals surface area contributed by atoms with Gasteiger partial charge in [0.05, 0.1) is 0 Å². The minimum atomic E-state index is -0.624. The van der Waals surface area contributed by atoms with E-state index in [9.17, 15) is 14.7 Å². The van der Waals surface area contributed by atoms with Crippen molar-refractivity contribution in [3.05, 3.63) is 46.8 Å². The van der Waals surface area contributed by atoms with E-state index in [1.54, 1.807) is 36.1 Å². The molecule has 1 unspecified atom stereocenters. The molecule has 0 radical (unpaired) electrons. The molecule has 1 fully saturated rings. The highest BCUT2D eigenvalue weighted by Gasteiger charge is 2.28. The van der Waals surface area contributed by atoms with Gasteiger partial charge in [0.1, 0.15) is 11.5 Å². The third-order valence-electron chi connectivity index (χ3n) is 4.44. The molecule has 27 heavy (non-hydrogen) atoms. The zero-order valence-electron chi connectivity index (χ0n) is 14.9. The van der Waals surface area contributed by atoms with E-state index in [4.69, 9.17) is 9.15 Å². The fourth-order valence-corrected chi connectivity index (χ4v) is 3.28. The number of nitrogens with one attached hydrogen (secondary N) is 1. The van der Waals surface area contributed by atoms with Crippen LogP contribution >= 0.6 is 15.9 Å². The van der Waals surface area contributed by atoms with Crippen molar-refractivity contribution < 1.29 is 23.8 Å². The van der Waals surface area contributed by atoms with E-state index < -0.39 is 6.10 Å². The van der Waals surface area contributed by atoms with Gasteiger partial charge in [-0.25, -0.2) is 0 Å². The van der Waals surface area contributed by atoms with E-state index in [1.807, 2.05) is 0 Å². The number of carbonyl (C=O) groups is 2. The first-order valence-electron chi connectivity index (χ1n) is 8.73. The summed E-state index contributed by atoms with van der Waals surface area (Å²) >= 11 is 3.18. The minimum absolute atomic E-state index is 0.00116. The Bertz CT molecular complexity index is 797. The van der Waals surface area contributed by atoms with Crippen molar-refractivity contribution in [3.63, 3.8) is 0 Å². The van der Waals surface area contributed by atoms with Crippen molar-refractivity contribution in [2.75, 3.05) is 13.1 Å². The molecule has 2 aromatic rings. The Morgan fingerprint density at radius 2 is 1.89 bits per heavy atom. The minimum Gasteiger partial charge on any atom is -0.508 e. The summed E-state index contributed by atoms with van der Waals surface area (Å²) in [6, 6.07) is 9.54. The van der Waals surface area contributed by atoms with E-state index in [0.717, 1.165) is 0 Å². The number of aromatic hydroxyl groups is 1. The standard InChI is InChI=1S/C19H21BrN2O5/c1-12(26-15-4-2-14(23)3-5-15)19(25)22-10-8-13(9-11-22)21-18(24)16-6-7-17(20)27-16/h2-7,12-13,23H,8-11H2,1H3,(H,21,24). The number of phenols is 1. The van der Waals surface area contributed by atoms with Gasteiger partial charge in [0.25, 0.3) is 11.8 Å². The number of hydrogen-bond acceptors (Lipinski definition) is 5. The first-order chi connectivity index (χ1) is 12.9. The van der Waals surface area contributed by atoms with E-state index in [2.05, 4.69) is 21.2 Å². The molecule has 8 heteroatoms. The Morgan fingerprint density at radius 1 is 1.22 bits per heavy atom. The number of halogens is 1. The predicted molar refractivity (Wildman–Crippen MR) is 102 cm³/mol. The second-order valence-electron chi connectivity index (χ2n) is 6.43. The van der Waals surface area contributed by atoms with Crippen molar-refractivity contribution in [1.82, 2.24) is 10.2 Å². The van der Waals surface area contributed by atoms with Crippen molar-refractivity contribution >= 4 is 27.7 Å². The number of hydrogen-bond donors (Lipinski definition) is 2. The molecule has 1 saturated heterocycles. The molecule has 1 aliphatic heterocycles. The maximum atomic E-state index is 12.6. The van der Waals surface area contributed by atoms with Crippen LogP contribution < -0.4 is 10.1 Å². The summed E-state index contributed by atoms with van der Waals surface area (Å²) in [5, 5.41) is 12.2. The van der Waals surface area contributed by atoms with Crippen molar-refractivity contribution in [3.8, 4) is 11.5 Å². The highest BCUT2D eigenvalue weighted by atomic mass is 79.9. The highest BCUT2D eigenvalue weighted by molar-refractivity contribution is 9.10. The Hall–Kier alpha value is -2.48. The van der Waals surface area contributed by atoms with Gasteiger partial charge >= 0.3 is 0 Å². The van der Waals surface area contributed by atoms with Gasteiger partial charge in [0.2, 0.25) is 0 Å². The lowest BCUT2D eigenvalue weighted by Gasteiger charge is -2.33. The highest BCUT2D eigenvalue weighted by Crippen LogP contribution is 2.19. The third-order valence-corrected chi connectivity index (χ3v) is 4.86. The molecule has 2 heterocycles. The van der Waals surface area contributed by atoms with Gasteiger partial charge in [0, 0.05) is 19.1 Å². The summed E-state index contributed by atoms with van der Waals surface area (Å²) in [5.74, 6) is 0.585. The molecule has 3 rings (SSSR count). The van der Waals surface area contributed by atoms with Crippen molar-refractivity contribution in [1.29, 1.82) is 0 Å². The Labute approximate surface area is 165 Å². The molecule has 0 saturated carbocycles. The molecule has 1 aromatic heterocycles. The first kappa shape index (κ1) is 19.3. The summed E-state index contributed by atoms with van der Waals surface area (Å²) in [5.41, 5.74) is 0. The molecule has 1 atom stereocenters. The van der Waals surface area contributed by atoms with Crippen LogP contribution in [0.5, 0.6) is 11.5 Å². The number of likely N-dealkylation sites (tertiary alicyclic amines) is 1. The Balaban J connectivity index is 1.47. The van der Waals surface area contributed by atoms with Gasteiger partial charge in [-0.2, -0.15) is 0 Å². The molecule has 144 valence electrons. The Kier molecular flexibility index (Phi) is 6.05. The number of ether oxygens (including phenoxy) is 1. The molecule has 0 aliphatic carbocycles. The molecule has 0 bridgehead atoms. The normalized spacial score (nSPS) is 16.0. The van der Waals surface area contributed by atoms with Crippen molar-refractivity contribution in [2.45, 2.75) is 31.9 Å². The second kappa shape index (κ2) is 8.47. The average Bonchev–Trinajstić information content (AvgIpc) is 3.10. The number of furan rings is 1. The molecule has 2 amide bonds. The maximum absolute atomic E-state index is 12.6. The number of benzene rings is 1. The van der Waals surface area contributed by atoms with Crippen LogP contribution in [0.15, 0.2) is 45.5 Å². The maximum Gasteiger partial charge on any atom is 0.287 e. The molecule has 2 N–H and O–H groups in total. The quantitative estimate of drug-likeness (QED) is 0.751. The fourth-order valence-electron chi connectivity index (χ4n) is 2.97. The second-order valence-corrected chi connectivity index (χ2v) is 7.21. The van der Waals surface area contributed by atoms with Crippen LogP contribution in [0.4, 0.5) is 0 Å². The third kappa shape index (κ3) is 5.03.